The number of hydrogen-bond donors (Lipinski definition) is 2. The molecule has 4 nitrogen and oxygen atoms in total. The van der Waals surface area contributed by atoms with Crippen molar-refractivity contribution in [1.82, 2.24) is 5.32 Å². The lowest BCUT2D eigenvalue weighted by molar-refractivity contribution is -0.146. The van der Waals surface area contributed by atoms with E-state index < -0.39 is 11.9 Å². The topological polar surface area (TPSA) is 66.4 Å². The predicted molar refractivity (Wildman–Crippen MR) is 72.7 cm³/mol. The van der Waals surface area contributed by atoms with Gasteiger partial charge in [-0.1, -0.05) is 38.5 Å². The van der Waals surface area contributed by atoms with Gasteiger partial charge in [-0.25, -0.2) is 0 Å². The molecular weight excluding hydrogens is 242 g/mol. The Bertz CT molecular complexity index is 321. The van der Waals surface area contributed by atoms with Crippen molar-refractivity contribution in [1.29, 1.82) is 0 Å². The van der Waals surface area contributed by atoms with Gasteiger partial charge in [-0.3, -0.25) is 9.59 Å². The number of rotatable bonds is 3. The van der Waals surface area contributed by atoms with Gasteiger partial charge in [-0.05, 0) is 25.7 Å². The van der Waals surface area contributed by atoms with Gasteiger partial charge in [0.25, 0.3) is 0 Å². The summed E-state index contributed by atoms with van der Waals surface area (Å²) in [4.78, 5) is 23.4. The van der Waals surface area contributed by atoms with Crippen molar-refractivity contribution in [3.8, 4) is 0 Å². The van der Waals surface area contributed by atoms with Crippen LogP contribution in [-0.2, 0) is 9.59 Å². The van der Waals surface area contributed by atoms with Crippen LogP contribution < -0.4 is 5.32 Å². The minimum atomic E-state index is -0.810. The monoisotopic (exact) mass is 267 g/mol. The highest BCUT2D eigenvalue weighted by atomic mass is 16.4. The van der Waals surface area contributed by atoms with Crippen LogP contribution >= 0.6 is 0 Å². The van der Waals surface area contributed by atoms with Gasteiger partial charge in [-0.15, -0.1) is 0 Å². The summed E-state index contributed by atoms with van der Waals surface area (Å²) in [5.41, 5.74) is 0. The van der Waals surface area contributed by atoms with E-state index in [2.05, 4.69) is 5.32 Å². The zero-order valence-corrected chi connectivity index (χ0v) is 11.6. The fourth-order valence-corrected chi connectivity index (χ4v) is 3.48. The normalized spacial score (nSPS) is 29.5. The summed E-state index contributed by atoms with van der Waals surface area (Å²) in [7, 11) is 0. The maximum Gasteiger partial charge on any atom is 0.307 e. The van der Waals surface area contributed by atoms with E-state index in [0.717, 1.165) is 25.7 Å². The highest BCUT2D eigenvalue weighted by molar-refractivity contribution is 5.85. The average Bonchev–Trinajstić information content (AvgIpc) is 2.81. The standard InChI is InChI=1S/C15H25NO3/c17-14(12-9-6-10-13(12)15(18)19)16-11-7-4-2-1-3-5-8-11/h11-13H,1-10H2,(H,16,17)(H,18,19)/t12-,13+/m1/s1. The van der Waals surface area contributed by atoms with Crippen LogP contribution in [0.25, 0.3) is 0 Å². The summed E-state index contributed by atoms with van der Waals surface area (Å²) in [5.74, 6) is -1.60. The average molecular weight is 267 g/mol. The molecule has 0 aliphatic heterocycles. The third-order valence-electron chi connectivity index (χ3n) is 4.62. The van der Waals surface area contributed by atoms with Crippen molar-refractivity contribution in [2.45, 2.75) is 70.3 Å². The van der Waals surface area contributed by atoms with Gasteiger partial charge >= 0.3 is 5.97 Å². The predicted octanol–water partition coefficient (Wildman–Crippen LogP) is 2.72. The Morgan fingerprint density at radius 3 is 2.00 bits per heavy atom. The minimum Gasteiger partial charge on any atom is -0.481 e. The molecule has 2 rings (SSSR count). The van der Waals surface area contributed by atoms with Gasteiger partial charge in [0.1, 0.15) is 0 Å². The van der Waals surface area contributed by atoms with E-state index in [-0.39, 0.29) is 17.9 Å². The van der Waals surface area contributed by atoms with Crippen molar-refractivity contribution in [3.05, 3.63) is 0 Å². The second-order valence-electron chi connectivity index (χ2n) is 6.03. The molecule has 2 fully saturated rings. The third-order valence-corrected chi connectivity index (χ3v) is 4.62. The molecule has 2 N–H and O–H groups in total. The van der Waals surface area contributed by atoms with Crippen LogP contribution in [0.4, 0.5) is 0 Å². The van der Waals surface area contributed by atoms with E-state index >= 15 is 0 Å². The molecule has 2 aliphatic rings. The first-order chi connectivity index (χ1) is 9.18. The first-order valence-corrected chi connectivity index (χ1v) is 7.71. The fraction of sp³-hybridized carbons (Fsp3) is 0.867. The van der Waals surface area contributed by atoms with Crippen LogP contribution in [0.2, 0.25) is 0 Å². The van der Waals surface area contributed by atoms with Gasteiger partial charge < -0.3 is 10.4 Å². The Kier molecular flexibility index (Phi) is 5.23. The van der Waals surface area contributed by atoms with Crippen LogP contribution in [-0.4, -0.2) is 23.0 Å². The van der Waals surface area contributed by atoms with E-state index in [4.69, 9.17) is 5.11 Å². The van der Waals surface area contributed by atoms with Gasteiger partial charge in [0.05, 0.1) is 11.8 Å². The molecule has 0 radical (unpaired) electrons. The molecule has 2 aliphatic carbocycles. The zero-order chi connectivity index (χ0) is 13.7. The first kappa shape index (κ1) is 14.4. The van der Waals surface area contributed by atoms with E-state index in [1.165, 1.54) is 32.1 Å². The molecule has 1 amide bonds. The van der Waals surface area contributed by atoms with Crippen LogP contribution in [0.15, 0.2) is 0 Å². The molecule has 0 aromatic carbocycles. The summed E-state index contributed by atoms with van der Waals surface area (Å²) >= 11 is 0. The van der Waals surface area contributed by atoms with Crippen LogP contribution in [0.5, 0.6) is 0 Å². The zero-order valence-electron chi connectivity index (χ0n) is 11.6. The second kappa shape index (κ2) is 6.92. The fourth-order valence-electron chi connectivity index (χ4n) is 3.48. The molecule has 0 spiro atoms. The summed E-state index contributed by atoms with van der Waals surface area (Å²) in [6.45, 7) is 0. The number of carbonyl (C=O) groups is 2. The number of aliphatic carboxylic acids is 1. The molecule has 108 valence electrons. The smallest absolute Gasteiger partial charge is 0.307 e. The Hall–Kier alpha value is -1.06. The second-order valence-corrected chi connectivity index (χ2v) is 6.03. The molecule has 2 saturated carbocycles. The summed E-state index contributed by atoms with van der Waals surface area (Å²) < 4.78 is 0. The van der Waals surface area contributed by atoms with Crippen molar-refractivity contribution >= 4 is 11.9 Å². The van der Waals surface area contributed by atoms with E-state index in [9.17, 15) is 9.59 Å². The summed E-state index contributed by atoms with van der Waals surface area (Å²) in [6.07, 6.45) is 10.5. The number of carbonyl (C=O) groups excluding carboxylic acids is 1. The lowest BCUT2D eigenvalue weighted by atomic mass is 9.93. The molecule has 0 unspecified atom stereocenters. The van der Waals surface area contributed by atoms with Gasteiger partial charge in [0, 0.05) is 6.04 Å². The molecular formula is C15H25NO3. The van der Waals surface area contributed by atoms with E-state index in [1.54, 1.807) is 0 Å². The largest absolute Gasteiger partial charge is 0.481 e. The maximum absolute atomic E-state index is 12.3. The molecule has 2 atom stereocenters. The number of nitrogens with one attached hydrogen (secondary N) is 1. The van der Waals surface area contributed by atoms with Crippen molar-refractivity contribution in [2.24, 2.45) is 11.8 Å². The molecule has 0 heterocycles. The van der Waals surface area contributed by atoms with E-state index in [0.29, 0.717) is 6.42 Å². The minimum absolute atomic E-state index is 0.0181. The van der Waals surface area contributed by atoms with E-state index in [1.807, 2.05) is 0 Å². The molecule has 0 saturated heterocycles. The quantitative estimate of drug-likeness (QED) is 0.826. The highest BCUT2D eigenvalue weighted by Crippen LogP contribution is 2.32. The van der Waals surface area contributed by atoms with Crippen molar-refractivity contribution in [3.63, 3.8) is 0 Å². The Morgan fingerprint density at radius 2 is 1.37 bits per heavy atom. The van der Waals surface area contributed by atoms with Crippen molar-refractivity contribution in [2.75, 3.05) is 0 Å². The number of amides is 1. The van der Waals surface area contributed by atoms with Crippen molar-refractivity contribution < 1.29 is 14.7 Å². The Balaban J connectivity index is 1.86. The number of carboxylic acid groups (broad SMARTS) is 1. The Morgan fingerprint density at radius 1 is 0.789 bits per heavy atom. The summed E-state index contributed by atoms with van der Waals surface area (Å²) in [6, 6.07) is 0.267. The lowest BCUT2D eigenvalue weighted by Gasteiger charge is -2.24. The number of hydrogen-bond acceptors (Lipinski definition) is 2. The first-order valence-electron chi connectivity index (χ1n) is 7.71. The lowest BCUT2D eigenvalue weighted by Crippen LogP contribution is -2.41. The molecule has 19 heavy (non-hydrogen) atoms. The van der Waals surface area contributed by atoms with Crippen LogP contribution in [0.1, 0.15) is 64.2 Å². The number of carboxylic acids is 1. The highest BCUT2D eigenvalue weighted by Gasteiger charge is 2.38. The maximum atomic E-state index is 12.3. The summed E-state index contributed by atoms with van der Waals surface area (Å²) in [5, 5.41) is 12.3. The molecule has 0 aromatic heterocycles. The van der Waals surface area contributed by atoms with Gasteiger partial charge in [0.15, 0.2) is 0 Å². The van der Waals surface area contributed by atoms with Crippen LogP contribution in [0, 0.1) is 11.8 Å². The Labute approximate surface area is 115 Å². The molecule has 4 heteroatoms. The third kappa shape index (κ3) is 3.95. The molecule has 0 bridgehead atoms. The molecule has 0 aromatic rings. The van der Waals surface area contributed by atoms with Gasteiger partial charge in [0.2, 0.25) is 5.91 Å². The van der Waals surface area contributed by atoms with Gasteiger partial charge in [-0.2, -0.15) is 0 Å². The van der Waals surface area contributed by atoms with Crippen LogP contribution in [0.3, 0.4) is 0 Å². The SMILES string of the molecule is O=C(O)[C@H]1CCC[C@H]1C(=O)NC1CCCCCCC1.